The van der Waals surface area contributed by atoms with Crippen molar-refractivity contribution in [3.8, 4) is 0 Å². The molecule has 77 valence electrons. The standard InChI is InChI=1S/C10H18BrO.Mo/c1-6(2)9-5-7(3)8(4)10(11)12-9;/h5-10H,1-4H3;/t7-,8+,9-,10-;/m0./s1. The Bertz CT molecular complexity index is 174. The summed E-state index contributed by atoms with van der Waals surface area (Å²) in [5.41, 5.74) is 0. The van der Waals surface area contributed by atoms with Crippen molar-refractivity contribution in [1.82, 2.24) is 0 Å². The summed E-state index contributed by atoms with van der Waals surface area (Å²) in [4.78, 5) is 0. The van der Waals surface area contributed by atoms with Crippen LogP contribution in [0.5, 0.6) is 0 Å². The minimum absolute atomic E-state index is 0.243. The van der Waals surface area contributed by atoms with Crippen LogP contribution < -0.4 is 0 Å². The van der Waals surface area contributed by atoms with E-state index >= 15 is 0 Å². The van der Waals surface area contributed by atoms with Gasteiger partial charge in [-0.25, -0.2) is 0 Å². The van der Waals surface area contributed by atoms with Crippen molar-refractivity contribution in [2.75, 3.05) is 0 Å². The Morgan fingerprint density at radius 2 is 1.77 bits per heavy atom. The third-order valence-corrected chi connectivity index (χ3v) is 5.79. The van der Waals surface area contributed by atoms with Crippen molar-refractivity contribution < 1.29 is 24.6 Å². The van der Waals surface area contributed by atoms with Gasteiger partial charge in [0.25, 0.3) is 0 Å². The number of rotatable bonds is 1. The molecule has 0 aliphatic carbocycles. The van der Waals surface area contributed by atoms with E-state index in [9.17, 15) is 0 Å². The van der Waals surface area contributed by atoms with Gasteiger partial charge in [-0.1, -0.05) is 0 Å². The SMILES string of the molecule is CC(C)[C@H]1O[C@H](Br)[C@H](C)[C@@H](C)[C@@H]1[Mo]. The fraction of sp³-hybridized carbons (Fsp3) is 1.00. The molecule has 0 bridgehead atoms. The molecule has 0 saturated carbocycles. The molecule has 0 unspecified atom stereocenters. The van der Waals surface area contributed by atoms with E-state index in [-0.39, 0.29) is 5.01 Å². The zero-order chi connectivity index (χ0) is 10.2. The van der Waals surface area contributed by atoms with Gasteiger partial charge >= 0.3 is 101 Å². The number of halogens is 1. The number of ether oxygens (including phenoxy) is 1. The van der Waals surface area contributed by atoms with Crippen LogP contribution in [0.1, 0.15) is 27.7 Å². The second kappa shape index (κ2) is 4.77. The van der Waals surface area contributed by atoms with Crippen LogP contribution in [-0.2, 0) is 24.6 Å². The van der Waals surface area contributed by atoms with Gasteiger partial charge in [-0.05, 0) is 0 Å². The van der Waals surface area contributed by atoms with Gasteiger partial charge in [0.05, 0.1) is 0 Å². The average Bonchev–Trinajstić information content (AvgIpc) is 2.07. The van der Waals surface area contributed by atoms with Crippen molar-refractivity contribution in [3.05, 3.63) is 0 Å². The first-order valence-corrected chi connectivity index (χ1v) is 6.98. The summed E-state index contributed by atoms with van der Waals surface area (Å²) in [5, 5.41) is 0.243. The van der Waals surface area contributed by atoms with Crippen LogP contribution in [0.25, 0.3) is 0 Å². The fourth-order valence-corrected chi connectivity index (χ4v) is 4.00. The van der Waals surface area contributed by atoms with Crippen LogP contribution in [0.4, 0.5) is 0 Å². The maximum absolute atomic E-state index is 5.96. The Morgan fingerprint density at radius 3 is 2.23 bits per heavy atom. The molecular formula is C10H18BrMoO. The summed E-state index contributed by atoms with van der Waals surface area (Å²) in [6.45, 7) is 9.08. The van der Waals surface area contributed by atoms with Gasteiger partial charge in [0.2, 0.25) is 0 Å². The van der Waals surface area contributed by atoms with Gasteiger partial charge in [0.15, 0.2) is 0 Å². The first-order chi connectivity index (χ1) is 5.95. The minimum atomic E-state index is 0.243. The Kier molecular flexibility index (Phi) is 4.47. The third-order valence-electron chi connectivity index (χ3n) is 3.03. The normalized spacial score (nSPS) is 46.8. The Hall–Kier alpha value is 1.13. The summed E-state index contributed by atoms with van der Waals surface area (Å²) < 4.78 is 6.64. The predicted molar refractivity (Wildman–Crippen MR) is 54.5 cm³/mol. The van der Waals surface area contributed by atoms with Crippen molar-refractivity contribution in [2.24, 2.45) is 17.8 Å². The summed E-state index contributed by atoms with van der Waals surface area (Å²) in [5.74, 6) is 1.98. The van der Waals surface area contributed by atoms with Crippen LogP contribution in [0.2, 0.25) is 4.31 Å². The van der Waals surface area contributed by atoms with E-state index < -0.39 is 0 Å². The average molecular weight is 330 g/mol. The Labute approximate surface area is 101 Å². The molecule has 0 amide bonds. The molecule has 0 radical (unpaired) electrons. The van der Waals surface area contributed by atoms with Crippen LogP contribution in [0, 0.1) is 17.8 Å². The zero-order valence-corrected chi connectivity index (χ0v) is 12.3. The van der Waals surface area contributed by atoms with E-state index in [0.29, 0.717) is 22.2 Å². The van der Waals surface area contributed by atoms with E-state index in [4.69, 9.17) is 4.74 Å². The molecule has 1 rings (SSSR count). The number of hydrogen-bond donors (Lipinski definition) is 0. The maximum atomic E-state index is 5.96. The van der Waals surface area contributed by atoms with Gasteiger partial charge in [-0.15, -0.1) is 0 Å². The fourth-order valence-electron chi connectivity index (χ4n) is 1.73. The number of alkyl halides is 1. The number of hydrogen-bond acceptors (Lipinski definition) is 1. The summed E-state index contributed by atoms with van der Waals surface area (Å²) in [7, 11) is 0. The van der Waals surface area contributed by atoms with Crippen LogP contribution in [-0.4, -0.2) is 11.1 Å². The molecule has 0 spiro atoms. The van der Waals surface area contributed by atoms with Gasteiger partial charge in [-0.3, -0.25) is 0 Å². The second-order valence-corrected chi connectivity index (χ2v) is 6.62. The molecule has 0 N–H and O–H groups in total. The molecule has 0 aromatic heterocycles. The molecule has 1 fully saturated rings. The first kappa shape index (κ1) is 12.2. The van der Waals surface area contributed by atoms with Crippen LogP contribution in [0.15, 0.2) is 0 Å². The van der Waals surface area contributed by atoms with Crippen molar-refractivity contribution >= 4 is 15.9 Å². The Balaban J connectivity index is 2.70. The van der Waals surface area contributed by atoms with Crippen LogP contribution in [0.3, 0.4) is 0 Å². The summed E-state index contributed by atoms with van der Waals surface area (Å²) in [6.07, 6.45) is 0.417. The van der Waals surface area contributed by atoms with Gasteiger partial charge in [-0.2, -0.15) is 0 Å². The van der Waals surface area contributed by atoms with E-state index in [1.165, 1.54) is 0 Å². The second-order valence-electron chi connectivity index (χ2n) is 4.38. The van der Waals surface area contributed by atoms with Gasteiger partial charge in [0.1, 0.15) is 0 Å². The molecule has 1 nitrogen and oxygen atoms in total. The summed E-state index contributed by atoms with van der Waals surface area (Å²) >= 11 is 5.84. The van der Waals surface area contributed by atoms with Crippen LogP contribution >= 0.6 is 15.9 Å². The molecule has 3 heteroatoms. The molecular weight excluding hydrogens is 312 g/mol. The molecule has 0 aromatic rings. The monoisotopic (exact) mass is 331 g/mol. The quantitative estimate of drug-likeness (QED) is 0.529. The van der Waals surface area contributed by atoms with Crippen molar-refractivity contribution in [1.29, 1.82) is 0 Å². The molecule has 13 heavy (non-hydrogen) atoms. The molecule has 1 heterocycles. The van der Waals surface area contributed by atoms with Crippen molar-refractivity contribution in [3.63, 3.8) is 0 Å². The molecule has 1 aliphatic heterocycles. The summed E-state index contributed by atoms with van der Waals surface area (Å²) in [6, 6.07) is 0. The molecule has 1 saturated heterocycles. The molecule has 5 atom stereocenters. The topological polar surface area (TPSA) is 9.23 Å². The van der Waals surface area contributed by atoms with E-state index in [0.717, 1.165) is 5.92 Å². The zero-order valence-electron chi connectivity index (χ0n) is 8.66. The predicted octanol–water partition coefficient (Wildman–Crippen LogP) is 3.37. The van der Waals surface area contributed by atoms with Crippen molar-refractivity contribution in [2.45, 2.75) is 43.1 Å². The molecule has 0 aromatic carbocycles. The molecule has 1 aliphatic rings. The van der Waals surface area contributed by atoms with E-state index in [1.54, 1.807) is 0 Å². The van der Waals surface area contributed by atoms with E-state index in [1.807, 2.05) is 0 Å². The van der Waals surface area contributed by atoms with Gasteiger partial charge < -0.3 is 0 Å². The first-order valence-electron chi connectivity index (χ1n) is 4.90. The Morgan fingerprint density at radius 1 is 1.23 bits per heavy atom. The van der Waals surface area contributed by atoms with Gasteiger partial charge in [0, 0.05) is 0 Å². The van der Waals surface area contributed by atoms with E-state index in [2.05, 4.69) is 63.4 Å². The third kappa shape index (κ3) is 2.57.